The van der Waals surface area contributed by atoms with E-state index in [2.05, 4.69) is 215 Å². The van der Waals surface area contributed by atoms with Crippen molar-refractivity contribution in [2.45, 2.75) is 39.3 Å². The van der Waals surface area contributed by atoms with Gasteiger partial charge in [0, 0.05) is 49.4 Å². The fourth-order valence-electron chi connectivity index (χ4n) is 9.75. The fraction of sp³-hybridized carbons (Fsp3) is 0.0952. The first kappa shape index (κ1) is 43.3. The van der Waals surface area contributed by atoms with E-state index in [9.17, 15) is 0 Å². The molecule has 0 amide bonds. The lowest BCUT2D eigenvalue weighted by atomic mass is 9.97. The molecule has 0 aliphatic carbocycles. The Kier molecular flexibility index (Phi) is 10.5. The summed E-state index contributed by atoms with van der Waals surface area (Å²) >= 11 is 0. The number of fused-ring (bicyclic) bond motifs is 6. The van der Waals surface area contributed by atoms with Gasteiger partial charge in [0.05, 0.1) is 16.1 Å². The lowest BCUT2D eigenvalue weighted by molar-refractivity contribution is 0.669. The summed E-state index contributed by atoms with van der Waals surface area (Å²) in [6.07, 6.45) is 0. The summed E-state index contributed by atoms with van der Waals surface area (Å²) in [6.45, 7) is 14.3. The van der Waals surface area contributed by atoms with Crippen molar-refractivity contribution in [1.29, 1.82) is 0 Å². The Balaban J connectivity index is 1.09. The van der Waals surface area contributed by atoms with Gasteiger partial charge >= 0.3 is 0 Å². The lowest BCUT2D eigenvalue weighted by Gasteiger charge is -2.17. The summed E-state index contributed by atoms with van der Waals surface area (Å²) in [5.41, 5.74) is 14.7. The van der Waals surface area contributed by atoms with E-state index in [4.69, 9.17) is 23.8 Å². The normalized spacial score (nSPS) is 12.1. The molecule has 0 saturated carbocycles. The molecule has 7 heteroatoms. The average molecular weight is 938 g/mol. The van der Waals surface area contributed by atoms with E-state index in [0.29, 0.717) is 17.5 Å². The summed E-state index contributed by atoms with van der Waals surface area (Å²) in [4.78, 5) is 16.3. The molecule has 12 aromatic rings. The van der Waals surface area contributed by atoms with Crippen LogP contribution >= 0.6 is 0 Å². The topological polar surface area (TPSA) is 65.0 Å². The van der Waals surface area contributed by atoms with Crippen LogP contribution < -0.4 is 10.4 Å². The molecule has 0 atom stereocenters. The molecule has 0 N–H and O–H groups in total. The van der Waals surface area contributed by atoms with Crippen molar-refractivity contribution in [3.8, 4) is 78.7 Å². The van der Waals surface area contributed by atoms with Crippen molar-refractivity contribution >= 4 is 70.4 Å². The smallest absolute Gasteiger partial charge is 0.164 e. The van der Waals surface area contributed by atoms with Gasteiger partial charge in [-0.15, -0.1) is 0 Å². The minimum absolute atomic E-state index is 0.571. The highest BCUT2D eigenvalue weighted by atomic mass is 28.3. The summed E-state index contributed by atoms with van der Waals surface area (Å²) < 4.78 is 13.4. The molecule has 9 aromatic carbocycles. The highest BCUT2D eigenvalue weighted by molar-refractivity contribution is 6.89. The first-order valence-corrected chi connectivity index (χ1v) is 31.1. The minimum atomic E-state index is -1.54. The Bertz CT molecular complexity index is 3760. The van der Waals surface area contributed by atoms with E-state index < -0.39 is 16.1 Å². The molecule has 0 aliphatic heterocycles. The third kappa shape index (κ3) is 7.97. The number of hydrogen-bond donors (Lipinski definition) is 0. The van der Waals surface area contributed by atoms with Crippen molar-refractivity contribution in [2.75, 3.05) is 0 Å². The molecule has 0 spiro atoms. The first-order chi connectivity index (χ1) is 33.9. The van der Waals surface area contributed by atoms with Crippen LogP contribution in [0.15, 0.2) is 209 Å². The molecular formula is C63H51N3O2Si2. The molecule has 5 nitrogen and oxygen atoms in total. The number of furan rings is 2. The molecule has 338 valence electrons. The summed E-state index contributed by atoms with van der Waals surface area (Å²) in [5.74, 6) is 1.72. The summed E-state index contributed by atoms with van der Waals surface area (Å²) in [5, 5.41) is 6.92. The van der Waals surface area contributed by atoms with Crippen LogP contribution in [0.25, 0.3) is 123 Å². The standard InChI is InChI=1S/C63H51N3O2Si2/c1-69(2,3)49-30-26-41(27-31-49)53-36-47(38-55-51-22-10-12-24-57(51)67-59(53)55)62-64-61(46-21-15-20-45(35-46)44-19-14-18-43(34-44)40-16-8-7-9-17-40)65-63(66-62)48-37-54(42-28-32-50(33-29-42)70(4,5)6)60-56(39-48)52-23-11-13-25-58(52)68-60/h7-39H,1-6H3. The second kappa shape index (κ2) is 16.9. The van der Waals surface area contributed by atoms with E-state index in [1.807, 2.05) is 24.3 Å². The molecule has 70 heavy (non-hydrogen) atoms. The van der Waals surface area contributed by atoms with Gasteiger partial charge in [0.2, 0.25) is 0 Å². The zero-order valence-corrected chi connectivity index (χ0v) is 42.2. The van der Waals surface area contributed by atoms with Gasteiger partial charge in [0.25, 0.3) is 0 Å². The monoisotopic (exact) mass is 937 g/mol. The predicted molar refractivity (Wildman–Crippen MR) is 298 cm³/mol. The molecule has 12 rings (SSSR count). The van der Waals surface area contributed by atoms with Gasteiger partial charge < -0.3 is 8.83 Å². The lowest BCUT2D eigenvalue weighted by Crippen LogP contribution is -2.37. The van der Waals surface area contributed by atoms with Crippen LogP contribution in [0.5, 0.6) is 0 Å². The van der Waals surface area contributed by atoms with Gasteiger partial charge in [-0.25, -0.2) is 15.0 Å². The van der Waals surface area contributed by atoms with Crippen LogP contribution in [0.2, 0.25) is 39.3 Å². The second-order valence-corrected chi connectivity index (χ2v) is 30.6. The van der Waals surface area contributed by atoms with Gasteiger partial charge in [-0.2, -0.15) is 0 Å². The van der Waals surface area contributed by atoms with E-state index in [0.717, 1.165) is 99.5 Å². The maximum absolute atomic E-state index is 6.70. The van der Waals surface area contributed by atoms with Crippen molar-refractivity contribution in [2.24, 2.45) is 0 Å². The third-order valence-corrected chi connectivity index (χ3v) is 17.8. The van der Waals surface area contributed by atoms with E-state index >= 15 is 0 Å². The van der Waals surface area contributed by atoms with Gasteiger partial charge in [0.1, 0.15) is 22.3 Å². The number of rotatable bonds is 9. The van der Waals surface area contributed by atoms with Crippen molar-refractivity contribution < 1.29 is 8.83 Å². The third-order valence-electron chi connectivity index (χ3n) is 13.7. The van der Waals surface area contributed by atoms with Crippen LogP contribution in [-0.2, 0) is 0 Å². The molecule has 3 aromatic heterocycles. The van der Waals surface area contributed by atoms with Crippen molar-refractivity contribution in [3.05, 3.63) is 200 Å². The van der Waals surface area contributed by atoms with Crippen LogP contribution in [0.1, 0.15) is 0 Å². The molecule has 0 unspecified atom stereocenters. The fourth-order valence-corrected chi connectivity index (χ4v) is 12.1. The largest absolute Gasteiger partial charge is 0.455 e. The van der Waals surface area contributed by atoms with Crippen LogP contribution in [0, 0.1) is 0 Å². The SMILES string of the molecule is C[Si](C)(C)c1ccc(-c2cc(-c3nc(-c4cccc(-c5cccc(-c6ccccc6)c5)c4)nc(-c4cc(-c5ccc([Si](C)(C)C)cc5)c5oc6ccccc6c5c4)n3)cc3c2oc2ccccc23)cc1. The first-order valence-electron chi connectivity index (χ1n) is 24.1. The van der Waals surface area contributed by atoms with Crippen molar-refractivity contribution in [3.63, 3.8) is 0 Å². The zero-order valence-electron chi connectivity index (χ0n) is 40.2. The van der Waals surface area contributed by atoms with E-state index in [-0.39, 0.29) is 0 Å². The average Bonchev–Trinajstić information content (AvgIpc) is 3.96. The molecule has 3 heterocycles. The van der Waals surface area contributed by atoms with Gasteiger partial charge in [-0.05, 0) is 81.9 Å². The number of nitrogens with zero attached hydrogens (tertiary/aromatic N) is 3. The Morgan fingerprint density at radius 1 is 0.286 bits per heavy atom. The maximum Gasteiger partial charge on any atom is 0.164 e. The van der Waals surface area contributed by atoms with E-state index in [1.54, 1.807) is 0 Å². The maximum atomic E-state index is 6.70. The minimum Gasteiger partial charge on any atom is -0.455 e. The number of benzene rings is 9. The van der Waals surface area contributed by atoms with Crippen LogP contribution in [0.4, 0.5) is 0 Å². The molecule has 0 radical (unpaired) electrons. The predicted octanol–water partition coefficient (Wildman–Crippen LogP) is 16.4. The number of para-hydroxylation sites is 2. The molecule has 0 saturated heterocycles. The Morgan fingerprint density at radius 2 is 0.657 bits per heavy atom. The van der Waals surface area contributed by atoms with Gasteiger partial charge in [0.15, 0.2) is 17.5 Å². The zero-order chi connectivity index (χ0) is 47.7. The summed E-state index contributed by atoms with van der Waals surface area (Å²) in [7, 11) is -3.08. The van der Waals surface area contributed by atoms with E-state index in [1.165, 1.54) is 15.9 Å². The second-order valence-electron chi connectivity index (χ2n) is 20.5. The van der Waals surface area contributed by atoms with Gasteiger partial charge in [-0.3, -0.25) is 0 Å². The summed E-state index contributed by atoms with van der Waals surface area (Å²) in [6, 6.07) is 71.2. The Labute approximate surface area is 410 Å². The highest BCUT2D eigenvalue weighted by Crippen LogP contribution is 2.42. The Morgan fingerprint density at radius 3 is 1.11 bits per heavy atom. The van der Waals surface area contributed by atoms with Gasteiger partial charge in [-0.1, -0.05) is 201 Å². The quantitative estimate of drug-likeness (QED) is 0.135. The molecule has 0 aliphatic rings. The highest BCUT2D eigenvalue weighted by Gasteiger charge is 2.23. The number of aromatic nitrogens is 3. The van der Waals surface area contributed by atoms with Crippen LogP contribution in [-0.4, -0.2) is 31.1 Å². The Hall–Kier alpha value is -7.98. The molecule has 0 fully saturated rings. The van der Waals surface area contributed by atoms with Crippen LogP contribution in [0.3, 0.4) is 0 Å². The van der Waals surface area contributed by atoms with Crippen molar-refractivity contribution in [1.82, 2.24) is 15.0 Å². The number of hydrogen-bond acceptors (Lipinski definition) is 5. The molecular weight excluding hydrogens is 887 g/mol. The molecule has 0 bridgehead atoms.